The standard InChI is InChI=1S/C16H24N4O4/c1-12-3-2-7-19(11-12)16(22)10-18-15-9-13(20(23)24)4-5-14(15)17-6-8-21/h4-5,9,12,17-18,21H,2-3,6-8,10-11H2,1H3. The predicted molar refractivity (Wildman–Crippen MR) is 92.1 cm³/mol. The van der Waals surface area contributed by atoms with E-state index in [1.807, 2.05) is 4.90 Å². The Hall–Kier alpha value is -2.35. The van der Waals surface area contributed by atoms with Gasteiger partial charge in [0.25, 0.3) is 5.69 Å². The highest BCUT2D eigenvalue weighted by Gasteiger charge is 2.21. The molecule has 2 rings (SSSR count). The number of nitrogens with zero attached hydrogens (tertiary/aromatic N) is 2. The molecule has 0 bridgehead atoms. The summed E-state index contributed by atoms with van der Waals surface area (Å²) in [6, 6.07) is 4.36. The number of rotatable bonds is 7. The van der Waals surface area contributed by atoms with Crippen LogP contribution in [0.1, 0.15) is 19.8 Å². The predicted octanol–water partition coefficient (Wildman–Crippen LogP) is 1.67. The Kier molecular flexibility index (Phi) is 6.36. The van der Waals surface area contributed by atoms with Gasteiger partial charge in [-0.2, -0.15) is 0 Å². The zero-order valence-corrected chi connectivity index (χ0v) is 13.8. The van der Waals surface area contributed by atoms with E-state index >= 15 is 0 Å². The minimum absolute atomic E-state index is 0.0128. The Balaban J connectivity index is 2.04. The van der Waals surface area contributed by atoms with E-state index in [4.69, 9.17) is 5.11 Å². The maximum Gasteiger partial charge on any atom is 0.271 e. The lowest BCUT2D eigenvalue weighted by atomic mass is 10.0. The van der Waals surface area contributed by atoms with Crippen molar-refractivity contribution in [2.24, 2.45) is 5.92 Å². The van der Waals surface area contributed by atoms with E-state index in [9.17, 15) is 14.9 Å². The minimum atomic E-state index is -0.477. The molecular weight excluding hydrogens is 312 g/mol. The quantitative estimate of drug-likeness (QED) is 0.516. The Morgan fingerprint density at radius 1 is 1.42 bits per heavy atom. The Labute approximate surface area is 141 Å². The molecule has 1 amide bonds. The largest absolute Gasteiger partial charge is 0.395 e. The van der Waals surface area contributed by atoms with Gasteiger partial charge in [0.1, 0.15) is 0 Å². The maximum absolute atomic E-state index is 12.3. The molecule has 132 valence electrons. The maximum atomic E-state index is 12.3. The molecule has 8 nitrogen and oxygen atoms in total. The summed E-state index contributed by atoms with van der Waals surface area (Å²) in [6.45, 7) is 4.00. The van der Waals surface area contributed by atoms with Gasteiger partial charge in [0, 0.05) is 31.8 Å². The van der Waals surface area contributed by atoms with Crippen molar-refractivity contribution in [2.45, 2.75) is 19.8 Å². The van der Waals surface area contributed by atoms with E-state index in [0.717, 1.165) is 25.9 Å². The number of carbonyl (C=O) groups excluding carboxylic acids is 1. The second kappa shape index (κ2) is 8.49. The van der Waals surface area contributed by atoms with Crippen LogP contribution >= 0.6 is 0 Å². The third kappa shape index (κ3) is 4.82. The number of nitro benzene ring substituents is 1. The lowest BCUT2D eigenvalue weighted by Crippen LogP contribution is -2.42. The minimum Gasteiger partial charge on any atom is -0.395 e. The number of hydrogen-bond acceptors (Lipinski definition) is 6. The van der Waals surface area contributed by atoms with Crippen LogP contribution in [0.15, 0.2) is 18.2 Å². The summed E-state index contributed by atoms with van der Waals surface area (Å²) in [7, 11) is 0. The first-order chi connectivity index (χ1) is 11.5. The molecule has 0 saturated carbocycles. The third-order valence-corrected chi connectivity index (χ3v) is 4.08. The number of amides is 1. The molecule has 1 aliphatic rings. The van der Waals surface area contributed by atoms with Gasteiger partial charge < -0.3 is 20.6 Å². The molecule has 1 aliphatic heterocycles. The van der Waals surface area contributed by atoms with Crippen molar-refractivity contribution in [2.75, 3.05) is 43.4 Å². The van der Waals surface area contributed by atoms with Gasteiger partial charge in [-0.15, -0.1) is 0 Å². The van der Waals surface area contributed by atoms with Crippen LogP contribution in [0, 0.1) is 16.0 Å². The van der Waals surface area contributed by atoms with Crippen molar-refractivity contribution in [1.82, 2.24) is 4.90 Å². The number of aliphatic hydroxyl groups is 1. The Morgan fingerprint density at radius 3 is 2.88 bits per heavy atom. The lowest BCUT2D eigenvalue weighted by Gasteiger charge is -2.31. The topological polar surface area (TPSA) is 108 Å². The van der Waals surface area contributed by atoms with E-state index in [1.54, 1.807) is 6.07 Å². The van der Waals surface area contributed by atoms with Crippen LogP contribution in [0.5, 0.6) is 0 Å². The average molecular weight is 336 g/mol. The molecule has 3 N–H and O–H groups in total. The molecule has 24 heavy (non-hydrogen) atoms. The molecule has 8 heteroatoms. The number of anilines is 2. The number of aliphatic hydroxyl groups excluding tert-OH is 1. The SMILES string of the molecule is CC1CCCN(C(=O)CNc2cc([N+](=O)[O-])ccc2NCCO)C1. The highest BCUT2D eigenvalue weighted by Crippen LogP contribution is 2.27. The van der Waals surface area contributed by atoms with E-state index in [2.05, 4.69) is 17.6 Å². The third-order valence-electron chi connectivity index (χ3n) is 4.08. The van der Waals surface area contributed by atoms with Crippen molar-refractivity contribution in [1.29, 1.82) is 0 Å². The van der Waals surface area contributed by atoms with Crippen LogP contribution in [0.3, 0.4) is 0 Å². The zero-order chi connectivity index (χ0) is 17.5. The number of piperidine rings is 1. The van der Waals surface area contributed by atoms with Crippen LogP contribution < -0.4 is 10.6 Å². The number of non-ortho nitro benzene ring substituents is 1. The summed E-state index contributed by atoms with van der Waals surface area (Å²) in [5, 5.41) is 25.8. The fraction of sp³-hybridized carbons (Fsp3) is 0.562. The van der Waals surface area contributed by atoms with Crippen LogP contribution in [-0.4, -0.2) is 53.6 Å². The molecule has 1 heterocycles. The highest BCUT2D eigenvalue weighted by atomic mass is 16.6. The normalized spacial score (nSPS) is 17.4. The summed E-state index contributed by atoms with van der Waals surface area (Å²) in [4.78, 5) is 24.6. The summed E-state index contributed by atoms with van der Waals surface area (Å²) in [5.74, 6) is 0.489. The van der Waals surface area contributed by atoms with Crippen molar-refractivity contribution >= 4 is 23.0 Å². The number of benzene rings is 1. The van der Waals surface area contributed by atoms with Crippen molar-refractivity contribution in [3.63, 3.8) is 0 Å². The van der Waals surface area contributed by atoms with Crippen LogP contribution in [0.25, 0.3) is 0 Å². The fourth-order valence-corrected chi connectivity index (χ4v) is 2.84. The molecule has 1 unspecified atom stereocenters. The first kappa shape index (κ1) is 18.0. The summed E-state index contributed by atoms with van der Waals surface area (Å²) >= 11 is 0. The van der Waals surface area contributed by atoms with Gasteiger partial charge in [-0.3, -0.25) is 14.9 Å². The van der Waals surface area contributed by atoms with Crippen LogP contribution in [0.4, 0.5) is 17.1 Å². The van der Waals surface area contributed by atoms with Crippen LogP contribution in [-0.2, 0) is 4.79 Å². The van der Waals surface area contributed by atoms with E-state index in [-0.39, 0.29) is 24.7 Å². The number of carbonyl (C=O) groups is 1. The van der Waals surface area contributed by atoms with Gasteiger partial charge in [0.15, 0.2) is 0 Å². The molecule has 1 atom stereocenters. The van der Waals surface area contributed by atoms with E-state index < -0.39 is 4.92 Å². The van der Waals surface area contributed by atoms with Gasteiger partial charge in [-0.25, -0.2) is 0 Å². The second-order valence-corrected chi connectivity index (χ2v) is 6.08. The molecule has 0 spiro atoms. The first-order valence-corrected chi connectivity index (χ1v) is 8.16. The molecule has 1 fully saturated rings. The second-order valence-electron chi connectivity index (χ2n) is 6.08. The van der Waals surface area contributed by atoms with Crippen molar-refractivity contribution < 1.29 is 14.8 Å². The number of nitro groups is 1. The summed E-state index contributed by atoms with van der Waals surface area (Å²) in [6.07, 6.45) is 2.14. The van der Waals surface area contributed by atoms with Gasteiger partial charge in [0.05, 0.1) is 29.4 Å². The summed E-state index contributed by atoms with van der Waals surface area (Å²) in [5.41, 5.74) is 1.05. The zero-order valence-electron chi connectivity index (χ0n) is 13.8. The number of nitrogens with one attached hydrogen (secondary N) is 2. The Morgan fingerprint density at radius 2 is 2.21 bits per heavy atom. The number of hydrogen-bond donors (Lipinski definition) is 3. The van der Waals surface area contributed by atoms with Crippen molar-refractivity contribution in [3.8, 4) is 0 Å². The van der Waals surface area contributed by atoms with Gasteiger partial charge >= 0.3 is 0 Å². The summed E-state index contributed by atoms with van der Waals surface area (Å²) < 4.78 is 0. The van der Waals surface area contributed by atoms with Crippen molar-refractivity contribution in [3.05, 3.63) is 28.3 Å². The Bertz CT molecular complexity index is 593. The average Bonchev–Trinajstić information content (AvgIpc) is 2.58. The van der Waals surface area contributed by atoms with E-state index in [0.29, 0.717) is 23.8 Å². The molecular formula is C16H24N4O4. The smallest absolute Gasteiger partial charge is 0.271 e. The molecule has 1 aromatic rings. The molecule has 0 aliphatic carbocycles. The molecule has 1 aromatic carbocycles. The van der Waals surface area contributed by atoms with Gasteiger partial charge in [-0.1, -0.05) is 6.92 Å². The lowest BCUT2D eigenvalue weighted by molar-refractivity contribution is -0.384. The molecule has 1 saturated heterocycles. The van der Waals surface area contributed by atoms with Gasteiger partial charge in [0.2, 0.25) is 5.91 Å². The van der Waals surface area contributed by atoms with Gasteiger partial charge in [-0.05, 0) is 24.8 Å². The monoisotopic (exact) mass is 336 g/mol. The fourth-order valence-electron chi connectivity index (χ4n) is 2.84. The van der Waals surface area contributed by atoms with Crippen LogP contribution in [0.2, 0.25) is 0 Å². The van der Waals surface area contributed by atoms with E-state index in [1.165, 1.54) is 12.1 Å². The molecule has 0 aromatic heterocycles. The number of likely N-dealkylation sites (tertiary alicyclic amines) is 1. The first-order valence-electron chi connectivity index (χ1n) is 8.16. The highest BCUT2D eigenvalue weighted by molar-refractivity contribution is 5.83. The molecule has 0 radical (unpaired) electrons.